The van der Waals surface area contributed by atoms with E-state index in [0.29, 0.717) is 19.5 Å². The van der Waals surface area contributed by atoms with Crippen molar-refractivity contribution in [2.45, 2.75) is 19.1 Å². The van der Waals surface area contributed by atoms with E-state index in [4.69, 9.17) is 23.8 Å². The SMILES string of the molecule is C#CCn1cc(-c2cnc(C(=O)Nc3ccc(C(=O)NCCCN)c(Cl)c3)n2C)c(C(F)(F)F)n1. The maximum Gasteiger partial charge on any atom is 0.435 e. The van der Waals surface area contributed by atoms with Gasteiger partial charge in [0.2, 0.25) is 0 Å². The minimum atomic E-state index is -4.74. The number of terminal acetylenes is 1. The van der Waals surface area contributed by atoms with Crippen molar-refractivity contribution in [1.29, 1.82) is 0 Å². The highest BCUT2D eigenvalue weighted by Crippen LogP contribution is 2.36. The van der Waals surface area contributed by atoms with Crippen LogP contribution in [0, 0.1) is 12.3 Å². The van der Waals surface area contributed by atoms with E-state index in [1.807, 2.05) is 0 Å². The summed E-state index contributed by atoms with van der Waals surface area (Å²) in [5.41, 5.74) is 4.48. The number of nitrogens with two attached hydrogens (primary N) is 1. The standard InChI is InChI=1S/C22H21ClF3N7O2/c1-3-9-33-12-15(18(31-33)22(24,25)26)17-11-29-19(32(17)2)21(35)30-13-5-6-14(16(23)10-13)20(34)28-8-4-7-27/h1,5-6,10-12H,4,7-9,27H2,2H3,(H,28,34)(H,30,35). The fourth-order valence-corrected chi connectivity index (χ4v) is 3.49. The first-order valence-corrected chi connectivity index (χ1v) is 10.6. The molecule has 184 valence electrons. The van der Waals surface area contributed by atoms with Crippen LogP contribution in [-0.2, 0) is 19.8 Å². The Bertz CT molecular complexity index is 1290. The van der Waals surface area contributed by atoms with Gasteiger partial charge in [-0.15, -0.1) is 6.42 Å². The Morgan fingerprint density at radius 1 is 1.29 bits per heavy atom. The van der Waals surface area contributed by atoms with Gasteiger partial charge in [0.25, 0.3) is 11.8 Å². The second-order valence-electron chi connectivity index (χ2n) is 7.36. The van der Waals surface area contributed by atoms with Gasteiger partial charge < -0.3 is 20.9 Å². The number of imidazole rings is 1. The van der Waals surface area contributed by atoms with Gasteiger partial charge in [0.15, 0.2) is 11.5 Å². The van der Waals surface area contributed by atoms with Crippen molar-refractivity contribution in [2.75, 3.05) is 18.4 Å². The van der Waals surface area contributed by atoms with Crippen LogP contribution in [-0.4, -0.2) is 44.2 Å². The van der Waals surface area contributed by atoms with E-state index >= 15 is 0 Å². The lowest BCUT2D eigenvalue weighted by Crippen LogP contribution is -2.26. The summed E-state index contributed by atoms with van der Waals surface area (Å²) < 4.78 is 42.7. The van der Waals surface area contributed by atoms with Crippen molar-refractivity contribution in [3.05, 3.63) is 52.7 Å². The molecular formula is C22H21ClF3N7O2. The first-order valence-electron chi connectivity index (χ1n) is 10.3. The number of hydrogen-bond acceptors (Lipinski definition) is 5. The number of amides is 2. The van der Waals surface area contributed by atoms with Crippen LogP contribution in [0.3, 0.4) is 0 Å². The Hall–Kier alpha value is -3.82. The Labute approximate surface area is 203 Å². The number of hydrogen-bond donors (Lipinski definition) is 3. The van der Waals surface area contributed by atoms with E-state index in [9.17, 15) is 22.8 Å². The summed E-state index contributed by atoms with van der Waals surface area (Å²) in [4.78, 5) is 28.9. The van der Waals surface area contributed by atoms with E-state index in [0.717, 1.165) is 17.1 Å². The molecule has 0 saturated carbocycles. The number of aromatic nitrogens is 4. The zero-order chi connectivity index (χ0) is 25.8. The van der Waals surface area contributed by atoms with Crippen LogP contribution in [0.15, 0.2) is 30.6 Å². The Morgan fingerprint density at radius 3 is 2.66 bits per heavy atom. The summed E-state index contributed by atoms with van der Waals surface area (Å²) in [5.74, 6) is 0.989. The molecule has 0 atom stereocenters. The number of carbonyl (C=O) groups excluding carboxylic acids is 2. The molecule has 0 aliphatic heterocycles. The molecule has 2 amide bonds. The predicted molar refractivity (Wildman–Crippen MR) is 124 cm³/mol. The van der Waals surface area contributed by atoms with E-state index < -0.39 is 17.8 Å². The first-order chi connectivity index (χ1) is 16.6. The number of rotatable bonds is 8. The van der Waals surface area contributed by atoms with Crippen molar-refractivity contribution in [3.63, 3.8) is 0 Å². The molecule has 0 saturated heterocycles. The highest BCUT2D eigenvalue weighted by atomic mass is 35.5. The topological polar surface area (TPSA) is 120 Å². The van der Waals surface area contributed by atoms with E-state index in [-0.39, 0.29) is 45.8 Å². The maximum atomic E-state index is 13.5. The number of anilines is 1. The van der Waals surface area contributed by atoms with Gasteiger partial charge in [0, 0.05) is 25.5 Å². The smallest absolute Gasteiger partial charge is 0.352 e. The number of nitrogens with zero attached hydrogens (tertiary/aromatic N) is 4. The fraction of sp³-hybridized carbons (Fsp3) is 0.273. The van der Waals surface area contributed by atoms with E-state index in [2.05, 4.69) is 26.6 Å². The third-order valence-electron chi connectivity index (χ3n) is 4.89. The Morgan fingerprint density at radius 2 is 2.03 bits per heavy atom. The molecule has 2 aromatic heterocycles. The van der Waals surface area contributed by atoms with Crippen molar-refractivity contribution < 1.29 is 22.8 Å². The molecule has 2 heterocycles. The fourth-order valence-electron chi connectivity index (χ4n) is 3.23. The van der Waals surface area contributed by atoms with E-state index in [1.165, 1.54) is 29.8 Å². The highest BCUT2D eigenvalue weighted by Gasteiger charge is 2.38. The van der Waals surface area contributed by atoms with Gasteiger partial charge >= 0.3 is 6.18 Å². The molecular weight excluding hydrogens is 487 g/mol. The van der Waals surface area contributed by atoms with E-state index in [1.54, 1.807) is 0 Å². The van der Waals surface area contributed by atoms with Crippen LogP contribution >= 0.6 is 11.6 Å². The molecule has 3 aromatic rings. The summed E-state index contributed by atoms with van der Waals surface area (Å²) in [6, 6.07) is 4.29. The van der Waals surface area contributed by atoms with Gasteiger partial charge in [-0.05, 0) is 31.2 Å². The van der Waals surface area contributed by atoms with Crippen LogP contribution in [0.2, 0.25) is 5.02 Å². The molecule has 13 heteroatoms. The van der Waals surface area contributed by atoms with Crippen molar-refractivity contribution in [1.82, 2.24) is 24.6 Å². The van der Waals surface area contributed by atoms with Gasteiger partial charge in [0.05, 0.1) is 28.0 Å². The summed E-state index contributed by atoms with van der Waals surface area (Å²) >= 11 is 6.18. The lowest BCUT2D eigenvalue weighted by molar-refractivity contribution is -0.141. The van der Waals surface area contributed by atoms with Gasteiger partial charge in [-0.25, -0.2) is 4.98 Å². The van der Waals surface area contributed by atoms with Crippen molar-refractivity contribution >= 4 is 29.1 Å². The zero-order valence-corrected chi connectivity index (χ0v) is 19.2. The predicted octanol–water partition coefficient (Wildman–Crippen LogP) is 2.92. The normalized spacial score (nSPS) is 11.2. The Balaban J connectivity index is 1.82. The van der Waals surface area contributed by atoms with Crippen LogP contribution in [0.4, 0.5) is 18.9 Å². The average Bonchev–Trinajstić information content (AvgIpc) is 3.37. The lowest BCUT2D eigenvalue weighted by atomic mass is 10.2. The molecule has 4 N–H and O–H groups in total. The van der Waals surface area contributed by atoms with Gasteiger partial charge in [0.1, 0.15) is 6.54 Å². The quantitative estimate of drug-likeness (QED) is 0.320. The number of benzene rings is 1. The zero-order valence-electron chi connectivity index (χ0n) is 18.5. The Kier molecular flexibility index (Phi) is 7.83. The van der Waals surface area contributed by atoms with Crippen LogP contribution in [0.5, 0.6) is 0 Å². The summed E-state index contributed by atoms with van der Waals surface area (Å²) in [5, 5.41) is 8.87. The average molecular weight is 508 g/mol. The molecule has 0 aliphatic rings. The molecule has 35 heavy (non-hydrogen) atoms. The third-order valence-corrected chi connectivity index (χ3v) is 5.20. The molecule has 0 spiro atoms. The summed E-state index contributed by atoms with van der Waals surface area (Å²) in [6.45, 7) is 0.665. The monoisotopic (exact) mass is 507 g/mol. The van der Waals surface area contributed by atoms with Crippen molar-refractivity contribution in [2.24, 2.45) is 12.8 Å². The number of carbonyl (C=O) groups is 2. The second kappa shape index (κ2) is 10.6. The minimum Gasteiger partial charge on any atom is -0.352 e. The molecule has 3 rings (SSSR count). The molecule has 0 unspecified atom stereocenters. The molecule has 0 aliphatic carbocycles. The van der Waals surface area contributed by atoms with Crippen molar-refractivity contribution in [3.8, 4) is 23.6 Å². The van der Waals surface area contributed by atoms with Gasteiger partial charge in [-0.1, -0.05) is 17.5 Å². The third kappa shape index (κ3) is 5.82. The van der Waals surface area contributed by atoms with Crippen LogP contribution in [0.1, 0.15) is 33.1 Å². The second-order valence-corrected chi connectivity index (χ2v) is 7.77. The highest BCUT2D eigenvalue weighted by molar-refractivity contribution is 6.34. The summed E-state index contributed by atoms with van der Waals surface area (Å²) in [7, 11) is 1.40. The molecule has 0 bridgehead atoms. The molecule has 0 radical (unpaired) electrons. The largest absolute Gasteiger partial charge is 0.435 e. The maximum absolute atomic E-state index is 13.5. The first kappa shape index (κ1) is 25.8. The lowest BCUT2D eigenvalue weighted by Gasteiger charge is -2.10. The summed E-state index contributed by atoms with van der Waals surface area (Å²) in [6.07, 6.45) is 3.34. The number of nitrogens with one attached hydrogen (secondary N) is 2. The van der Waals surface area contributed by atoms with Gasteiger partial charge in [-0.2, -0.15) is 18.3 Å². The van der Waals surface area contributed by atoms with Gasteiger partial charge in [-0.3, -0.25) is 14.3 Å². The minimum absolute atomic E-state index is 0.0216. The molecule has 9 nitrogen and oxygen atoms in total. The number of alkyl halides is 3. The molecule has 1 aromatic carbocycles. The van der Waals surface area contributed by atoms with Crippen LogP contribution in [0.25, 0.3) is 11.3 Å². The van der Waals surface area contributed by atoms with Crippen LogP contribution < -0.4 is 16.4 Å². The number of halogens is 4. The molecule has 0 fully saturated rings.